The molecule has 3 atom stereocenters. The van der Waals surface area contributed by atoms with Crippen molar-refractivity contribution >= 4 is 5.91 Å². The van der Waals surface area contributed by atoms with Gasteiger partial charge in [0.05, 0.1) is 6.04 Å². The standard InChI is InChI=1S/C17H35N3O/c1-6-9-18-16-8-10-20(12-15(16)7-2)14(5)17(21)19-11-13(3)4/h13-16,18H,6-12H2,1-5H3,(H,19,21). The lowest BCUT2D eigenvalue weighted by atomic mass is 9.89. The molecule has 124 valence electrons. The maximum atomic E-state index is 12.2. The van der Waals surface area contributed by atoms with Gasteiger partial charge in [0.15, 0.2) is 0 Å². The van der Waals surface area contributed by atoms with Crippen molar-refractivity contribution in [2.75, 3.05) is 26.2 Å². The molecule has 0 aromatic carbocycles. The SMILES string of the molecule is CCCNC1CCN(C(C)C(=O)NCC(C)C)CC1CC. The summed E-state index contributed by atoms with van der Waals surface area (Å²) < 4.78 is 0. The monoisotopic (exact) mass is 297 g/mol. The van der Waals surface area contributed by atoms with E-state index in [1.165, 1.54) is 12.8 Å². The molecular weight excluding hydrogens is 262 g/mol. The number of nitrogens with zero attached hydrogens (tertiary/aromatic N) is 1. The van der Waals surface area contributed by atoms with Gasteiger partial charge in [0.25, 0.3) is 0 Å². The highest BCUT2D eigenvalue weighted by molar-refractivity contribution is 5.81. The van der Waals surface area contributed by atoms with Gasteiger partial charge in [-0.2, -0.15) is 0 Å². The van der Waals surface area contributed by atoms with Crippen molar-refractivity contribution in [2.24, 2.45) is 11.8 Å². The molecule has 1 amide bonds. The third-order valence-electron chi connectivity index (χ3n) is 4.56. The predicted octanol–water partition coefficient (Wildman–Crippen LogP) is 2.25. The zero-order valence-corrected chi connectivity index (χ0v) is 14.6. The highest BCUT2D eigenvalue weighted by Crippen LogP contribution is 2.22. The summed E-state index contributed by atoms with van der Waals surface area (Å²) in [6.07, 6.45) is 3.52. The fraction of sp³-hybridized carbons (Fsp3) is 0.941. The van der Waals surface area contributed by atoms with E-state index in [4.69, 9.17) is 0 Å². The number of carbonyl (C=O) groups is 1. The molecule has 0 aliphatic carbocycles. The maximum Gasteiger partial charge on any atom is 0.237 e. The van der Waals surface area contributed by atoms with Crippen LogP contribution in [0.3, 0.4) is 0 Å². The number of hydrogen-bond donors (Lipinski definition) is 2. The van der Waals surface area contributed by atoms with E-state index in [0.29, 0.717) is 17.9 Å². The van der Waals surface area contributed by atoms with Crippen LogP contribution in [-0.4, -0.2) is 49.1 Å². The normalized spacial score (nSPS) is 25.0. The Morgan fingerprint density at radius 1 is 1.29 bits per heavy atom. The van der Waals surface area contributed by atoms with Crippen LogP contribution in [0.15, 0.2) is 0 Å². The van der Waals surface area contributed by atoms with Gasteiger partial charge in [-0.05, 0) is 38.1 Å². The lowest BCUT2D eigenvalue weighted by molar-refractivity contribution is -0.126. The van der Waals surface area contributed by atoms with Gasteiger partial charge in [-0.1, -0.05) is 34.1 Å². The first-order chi connectivity index (χ1) is 9.99. The molecule has 0 spiro atoms. The molecule has 4 heteroatoms. The van der Waals surface area contributed by atoms with Crippen molar-refractivity contribution in [3.05, 3.63) is 0 Å². The fourth-order valence-electron chi connectivity index (χ4n) is 3.04. The van der Waals surface area contributed by atoms with Gasteiger partial charge in [0.2, 0.25) is 5.91 Å². The van der Waals surface area contributed by atoms with E-state index in [1.54, 1.807) is 0 Å². The summed E-state index contributed by atoms with van der Waals surface area (Å²) in [5, 5.41) is 6.74. The Bertz CT molecular complexity index is 306. The third-order valence-corrected chi connectivity index (χ3v) is 4.56. The van der Waals surface area contributed by atoms with Gasteiger partial charge in [-0.25, -0.2) is 0 Å². The Balaban J connectivity index is 2.48. The van der Waals surface area contributed by atoms with Gasteiger partial charge >= 0.3 is 0 Å². The highest BCUT2D eigenvalue weighted by atomic mass is 16.2. The Kier molecular flexibility index (Phi) is 8.27. The molecule has 0 aromatic rings. The fourth-order valence-corrected chi connectivity index (χ4v) is 3.04. The van der Waals surface area contributed by atoms with Crippen LogP contribution in [0.25, 0.3) is 0 Å². The second-order valence-corrected chi connectivity index (χ2v) is 6.83. The van der Waals surface area contributed by atoms with Gasteiger partial charge in [0, 0.05) is 25.7 Å². The first kappa shape index (κ1) is 18.4. The average Bonchev–Trinajstić information content (AvgIpc) is 2.49. The molecule has 0 radical (unpaired) electrons. The zero-order valence-electron chi connectivity index (χ0n) is 14.6. The maximum absolute atomic E-state index is 12.2. The highest BCUT2D eigenvalue weighted by Gasteiger charge is 2.31. The second kappa shape index (κ2) is 9.42. The second-order valence-electron chi connectivity index (χ2n) is 6.83. The number of rotatable bonds is 8. The van der Waals surface area contributed by atoms with Crippen molar-refractivity contribution in [1.29, 1.82) is 0 Å². The molecule has 1 rings (SSSR count). The largest absolute Gasteiger partial charge is 0.354 e. The van der Waals surface area contributed by atoms with Crippen LogP contribution in [0.2, 0.25) is 0 Å². The minimum Gasteiger partial charge on any atom is -0.354 e. The van der Waals surface area contributed by atoms with E-state index in [-0.39, 0.29) is 11.9 Å². The minimum absolute atomic E-state index is 0.00933. The third kappa shape index (κ3) is 5.95. The number of carbonyl (C=O) groups excluding carboxylic acids is 1. The first-order valence-corrected chi connectivity index (χ1v) is 8.74. The van der Waals surface area contributed by atoms with Gasteiger partial charge < -0.3 is 10.6 Å². The number of nitrogens with one attached hydrogen (secondary N) is 2. The van der Waals surface area contributed by atoms with Crippen molar-refractivity contribution in [2.45, 2.75) is 66.0 Å². The van der Waals surface area contributed by atoms with Crippen LogP contribution in [-0.2, 0) is 4.79 Å². The minimum atomic E-state index is -0.00933. The van der Waals surface area contributed by atoms with Gasteiger partial charge in [-0.3, -0.25) is 9.69 Å². The number of piperidine rings is 1. The number of hydrogen-bond acceptors (Lipinski definition) is 3. The van der Waals surface area contributed by atoms with Crippen molar-refractivity contribution < 1.29 is 4.79 Å². The molecule has 2 N–H and O–H groups in total. The molecule has 1 heterocycles. The molecule has 0 aromatic heterocycles. The Hall–Kier alpha value is -0.610. The zero-order chi connectivity index (χ0) is 15.8. The lowest BCUT2D eigenvalue weighted by Crippen LogP contribution is -2.55. The van der Waals surface area contributed by atoms with E-state index < -0.39 is 0 Å². The van der Waals surface area contributed by atoms with Crippen LogP contribution in [0.1, 0.15) is 53.9 Å². The predicted molar refractivity (Wildman–Crippen MR) is 89.4 cm³/mol. The van der Waals surface area contributed by atoms with Crippen LogP contribution in [0, 0.1) is 11.8 Å². The quantitative estimate of drug-likeness (QED) is 0.722. The van der Waals surface area contributed by atoms with Crippen molar-refractivity contribution in [3.63, 3.8) is 0 Å². The van der Waals surface area contributed by atoms with E-state index in [1.807, 2.05) is 6.92 Å². The first-order valence-electron chi connectivity index (χ1n) is 8.74. The van der Waals surface area contributed by atoms with Crippen LogP contribution in [0.4, 0.5) is 0 Å². The summed E-state index contributed by atoms with van der Waals surface area (Å²) in [7, 11) is 0. The van der Waals surface area contributed by atoms with E-state index in [2.05, 4.69) is 43.2 Å². The summed E-state index contributed by atoms with van der Waals surface area (Å²) in [5.74, 6) is 1.35. The summed E-state index contributed by atoms with van der Waals surface area (Å²) in [6.45, 7) is 14.7. The number of amides is 1. The summed E-state index contributed by atoms with van der Waals surface area (Å²) in [4.78, 5) is 14.6. The number of likely N-dealkylation sites (tertiary alicyclic amines) is 1. The van der Waals surface area contributed by atoms with Crippen LogP contribution >= 0.6 is 0 Å². The smallest absolute Gasteiger partial charge is 0.237 e. The molecule has 3 unspecified atom stereocenters. The molecule has 1 aliphatic heterocycles. The molecule has 1 aliphatic rings. The Morgan fingerprint density at radius 3 is 2.57 bits per heavy atom. The van der Waals surface area contributed by atoms with Gasteiger partial charge in [0.1, 0.15) is 0 Å². The van der Waals surface area contributed by atoms with Gasteiger partial charge in [-0.15, -0.1) is 0 Å². The Labute approximate surface area is 131 Å². The van der Waals surface area contributed by atoms with E-state index in [0.717, 1.165) is 32.6 Å². The summed E-state index contributed by atoms with van der Waals surface area (Å²) >= 11 is 0. The molecule has 1 fully saturated rings. The molecule has 21 heavy (non-hydrogen) atoms. The molecule has 1 saturated heterocycles. The van der Waals surface area contributed by atoms with E-state index >= 15 is 0 Å². The topological polar surface area (TPSA) is 44.4 Å². The molecule has 4 nitrogen and oxygen atoms in total. The van der Waals surface area contributed by atoms with Crippen molar-refractivity contribution in [1.82, 2.24) is 15.5 Å². The van der Waals surface area contributed by atoms with Crippen LogP contribution in [0.5, 0.6) is 0 Å². The molecule has 0 saturated carbocycles. The van der Waals surface area contributed by atoms with Crippen molar-refractivity contribution in [3.8, 4) is 0 Å². The summed E-state index contributed by atoms with van der Waals surface area (Å²) in [6, 6.07) is 0.613. The lowest BCUT2D eigenvalue weighted by Gasteiger charge is -2.41. The summed E-state index contributed by atoms with van der Waals surface area (Å²) in [5.41, 5.74) is 0. The molecule has 0 bridgehead atoms. The average molecular weight is 297 g/mol. The van der Waals surface area contributed by atoms with Crippen LogP contribution < -0.4 is 10.6 Å². The van der Waals surface area contributed by atoms with E-state index in [9.17, 15) is 4.79 Å². The Morgan fingerprint density at radius 2 is 2.00 bits per heavy atom. The molecular formula is C17H35N3O.